The van der Waals surface area contributed by atoms with Gasteiger partial charge in [-0.15, -0.1) is 0 Å². The molecule has 1 saturated heterocycles. The molecule has 1 unspecified atom stereocenters. The van der Waals surface area contributed by atoms with E-state index in [-0.39, 0.29) is 0 Å². The van der Waals surface area contributed by atoms with Crippen molar-refractivity contribution in [1.82, 2.24) is 15.1 Å². The monoisotopic (exact) mass is 265 g/mol. The average Bonchev–Trinajstić information content (AvgIpc) is 2.81. The van der Waals surface area contributed by atoms with Gasteiger partial charge in [-0.25, -0.2) is 0 Å². The molecule has 4 nitrogen and oxygen atoms in total. The highest BCUT2D eigenvalue weighted by Gasteiger charge is 2.32. The topological polar surface area (TPSA) is 39.1 Å². The van der Waals surface area contributed by atoms with Gasteiger partial charge in [-0.3, -0.25) is 4.68 Å². The Morgan fingerprint density at radius 3 is 2.95 bits per heavy atom. The van der Waals surface area contributed by atoms with Gasteiger partial charge >= 0.3 is 0 Å². The summed E-state index contributed by atoms with van der Waals surface area (Å²) < 4.78 is 7.63. The summed E-state index contributed by atoms with van der Waals surface area (Å²) in [6.07, 6.45) is 8.83. The van der Waals surface area contributed by atoms with Crippen LogP contribution in [0.4, 0.5) is 0 Å². The van der Waals surface area contributed by atoms with Crippen LogP contribution in [0.15, 0.2) is 12.4 Å². The van der Waals surface area contributed by atoms with Crippen molar-refractivity contribution in [1.29, 1.82) is 0 Å². The zero-order valence-corrected chi connectivity index (χ0v) is 12.5. The largest absolute Gasteiger partial charge is 0.381 e. The van der Waals surface area contributed by atoms with Gasteiger partial charge in [-0.1, -0.05) is 13.8 Å². The standard InChI is InChI=1S/C15H27N3O/c1-13(2)16-11-15(6-4-8-19-12-15)7-5-14-9-17-18(3)10-14/h9-10,13,16H,4-8,11-12H2,1-3H3. The molecule has 1 N–H and O–H groups in total. The minimum absolute atomic E-state index is 0.304. The molecule has 2 rings (SSSR count). The van der Waals surface area contributed by atoms with Gasteiger partial charge in [0.15, 0.2) is 0 Å². The number of aryl methyl sites for hydroxylation is 2. The number of nitrogens with one attached hydrogen (secondary N) is 1. The van der Waals surface area contributed by atoms with E-state index in [0.717, 1.165) is 26.2 Å². The summed E-state index contributed by atoms with van der Waals surface area (Å²) in [5.74, 6) is 0. The fraction of sp³-hybridized carbons (Fsp3) is 0.800. The van der Waals surface area contributed by atoms with Crippen molar-refractivity contribution in [2.45, 2.75) is 45.6 Å². The van der Waals surface area contributed by atoms with Crippen molar-refractivity contribution in [3.63, 3.8) is 0 Å². The molecule has 1 atom stereocenters. The van der Waals surface area contributed by atoms with Crippen LogP contribution >= 0.6 is 0 Å². The molecule has 0 bridgehead atoms. The maximum absolute atomic E-state index is 5.75. The van der Waals surface area contributed by atoms with Crippen LogP contribution in [-0.2, 0) is 18.2 Å². The van der Waals surface area contributed by atoms with Crippen LogP contribution in [0, 0.1) is 5.41 Å². The second-order valence-electron chi connectivity index (χ2n) is 6.21. The van der Waals surface area contributed by atoms with Crippen LogP contribution in [0.5, 0.6) is 0 Å². The van der Waals surface area contributed by atoms with Crippen molar-refractivity contribution in [3.8, 4) is 0 Å². The molecule has 0 radical (unpaired) electrons. The summed E-state index contributed by atoms with van der Waals surface area (Å²) in [6, 6.07) is 0.539. The van der Waals surface area contributed by atoms with Crippen LogP contribution in [-0.4, -0.2) is 35.6 Å². The second-order valence-corrected chi connectivity index (χ2v) is 6.21. The van der Waals surface area contributed by atoms with E-state index in [0.29, 0.717) is 11.5 Å². The first kappa shape index (κ1) is 14.5. The van der Waals surface area contributed by atoms with Crippen LogP contribution in [0.2, 0.25) is 0 Å². The van der Waals surface area contributed by atoms with Gasteiger partial charge in [-0.05, 0) is 31.2 Å². The van der Waals surface area contributed by atoms with E-state index < -0.39 is 0 Å². The van der Waals surface area contributed by atoms with Crippen molar-refractivity contribution in [2.24, 2.45) is 12.5 Å². The molecule has 19 heavy (non-hydrogen) atoms. The fourth-order valence-corrected chi connectivity index (χ4v) is 2.77. The van der Waals surface area contributed by atoms with Gasteiger partial charge in [0, 0.05) is 37.9 Å². The Bertz CT molecular complexity index is 380. The van der Waals surface area contributed by atoms with Crippen LogP contribution in [0.1, 0.15) is 38.7 Å². The number of nitrogens with zero attached hydrogens (tertiary/aromatic N) is 2. The highest BCUT2D eigenvalue weighted by molar-refractivity contribution is 5.05. The maximum atomic E-state index is 5.75. The Labute approximate surface area is 116 Å². The first-order chi connectivity index (χ1) is 9.10. The molecule has 0 saturated carbocycles. The Hall–Kier alpha value is -0.870. The van der Waals surface area contributed by atoms with E-state index in [2.05, 4.69) is 30.5 Å². The van der Waals surface area contributed by atoms with Crippen molar-refractivity contribution >= 4 is 0 Å². The number of rotatable bonds is 6. The van der Waals surface area contributed by atoms with E-state index in [1.54, 1.807) is 0 Å². The smallest absolute Gasteiger partial charge is 0.0534 e. The number of hydrogen-bond donors (Lipinski definition) is 1. The molecule has 1 aliphatic heterocycles. The molecule has 1 aliphatic rings. The molecule has 1 fully saturated rings. The fourth-order valence-electron chi connectivity index (χ4n) is 2.77. The summed E-state index contributed by atoms with van der Waals surface area (Å²) in [5, 5.41) is 7.84. The Morgan fingerprint density at radius 2 is 2.37 bits per heavy atom. The lowest BCUT2D eigenvalue weighted by Gasteiger charge is -2.38. The lowest BCUT2D eigenvalue weighted by atomic mass is 9.77. The molecule has 1 aromatic heterocycles. The lowest BCUT2D eigenvalue weighted by molar-refractivity contribution is -0.0127. The third-order valence-electron chi connectivity index (χ3n) is 3.99. The van der Waals surface area contributed by atoms with E-state index in [4.69, 9.17) is 4.74 Å². The molecule has 0 aliphatic carbocycles. The van der Waals surface area contributed by atoms with Crippen LogP contribution in [0.3, 0.4) is 0 Å². The van der Waals surface area contributed by atoms with Gasteiger partial charge in [-0.2, -0.15) is 5.10 Å². The van der Waals surface area contributed by atoms with E-state index >= 15 is 0 Å². The zero-order valence-electron chi connectivity index (χ0n) is 12.5. The van der Waals surface area contributed by atoms with Gasteiger partial charge < -0.3 is 10.1 Å². The highest BCUT2D eigenvalue weighted by atomic mass is 16.5. The number of aromatic nitrogens is 2. The maximum Gasteiger partial charge on any atom is 0.0534 e. The van der Waals surface area contributed by atoms with Crippen molar-refractivity contribution < 1.29 is 4.74 Å². The Morgan fingerprint density at radius 1 is 1.53 bits per heavy atom. The zero-order chi connectivity index (χ0) is 13.7. The molecule has 0 spiro atoms. The normalized spacial score (nSPS) is 24.0. The average molecular weight is 265 g/mol. The lowest BCUT2D eigenvalue weighted by Crippen LogP contribution is -2.43. The molecule has 0 amide bonds. The summed E-state index contributed by atoms with van der Waals surface area (Å²) in [4.78, 5) is 0. The van der Waals surface area contributed by atoms with Crippen molar-refractivity contribution in [3.05, 3.63) is 18.0 Å². The second kappa shape index (κ2) is 6.53. The SMILES string of the molecule is CC(C)NCC1(CCc2cnn(C)c2)CCCOC1. The highest BCUT2D eigenvalue weighted by Crippen LogP contribution is 2.33. The van der Waals surface area contributed by atoms with E-state index in [1.165, 1.54) is 24.8 Å². The van der Waals surface area contributed by atoms with E-state index in [1.807, 2.05) is 17.9 Å². The first-order valence-corrected chi connectivity index (χ1v) is 7.38. The third kappa shape index (κ3) is 4.32. The van der Waals surface area contributed by atoms with Crippen LogP contribution < -0.4 is 5.32 Å². The summed E-state index contributed by atoms with van der Waals surface area (Å²) in [6.45, 7) is 7.30. The Balaban J connectivity index is 1.92. The van der Waals surface area contributed by atoms with Gasteiger partial charge in [0.25, 0.3) is 0 Å². The quantitative estimate of drug-likeness (QED) is 0.856. The third-order valence-corrected chi connectivity index (χ3v) is 3.99. The summed E-state index contributed by atoms with van der Waals surface area (Å²) in [5.41, 5.74) is 1.63. The van der Waals surface area contributed by atoms with Crippen molar-refractivity contribution in [2.75, 3.05) is 19.8 Å². The first-order valence-electron chi connectivity index (χ1n) is 7.38. The van der Waals surface area contributed by atoms with Gasteiger partial charge in [0.05, 0.1) is 12.8 Å². The number of hydrogen-bond acceptors (Lipinski definition) is 3. The molecule has 1 aromatic rings. The van der Waals surface area contributed by atoms with Gasteiger partial charge in [0.2, 0.25) is 0 Å². The molecule has 2 heterocycles. The van der Waals surface area contributed by atoms with Crippen LogP contribution in [0.25, 0.3) is 0 Å². The predicted octanol–water partition coefficient (Wildman–Crippen LogP) is 2.15. The minimum Gasteiger partial charge on any atom is -0.381 e. The predicted molar refractivity (Wildman–Crippen MR) is 77.2 cm³/mol. The molecular formula is C15H27N3O. The van der Waals surface area contributed by atoms with Gasteiger partial charge in [0.1, 0.15) is 0 Å². The summed E-state index contributed by atoms with van der Waals surface area (Å²) in [7, 11) is 1.98. The van der Waals surface area contributed by atoms with E-state index in [9.17, 15) is 0 Å². The summed E-state index contributed by atoms with van der Waals surface area (Å²) >= 11 is 0. The molecular weight excluding hydrogens is 238 g/mol. The Kier molecular flexibility index (Phi) is 4.99. The number of ether oxygens (including phenoxy) is 1. The molecule has 108 valence electrons. The molecule has 0 aromatic carbocycles. The minimum atomic E-state index is 0.304. The molecule has 4 heteroatoms.